The number of rotatable bonds is 3. The third kappa shape index (κ3) is 2.58. The van der Waals surface area contributed by atoms with Crippen LogP contribution >= 0.6 is 0 Å². The van der Waals surface area contributed by atoms with Gasteiger partial charge in [-0.05, 0) is 12.1 Å². The first-order chi connectivity index (χ1) is 9.36. The van der Waals surface area contributed by atoms with E-state index >= 15 is 0 Å². The van der Waals surface area contributed by atoms with Crippen molar-refractivity contribution in [3.8, 4) is 11.5 Å². The van der Waals surface area contributed by atoms with Crippen LogP contribution in [0.25, 0.3) is 11.5 Å². The molecular weight excluding hydrogens is 242 g/mol. The number of hydrogen-bond donors (Lipinski definition) is 1. The van der Waals surface area contributed by atoms with Gasteiger partial charge in [-0.25, -0.2) is 4.98 Å². The molecule has 100 valence electrons. The lowest BCUT2D eigenvalue weighted by Gasteiger charge is -2.28. The number of aromatic nitrogens is 3. The summed E-state index contributed by atoms with van der Waals surface area (Å²) in [6, 6.07) is 3.91. The predicted molar refractivity (Wildman–Crippen MR) is 72.0 cm³/mol. The number of aryl methyl sites for hydroxylation is 1. The molecule has 0 atom stereocenters. The zero-order valence-corrected chi connectivity index (χ0v) is 11.0. The van der Waals surface area contributed by atoms with Crippen molar-refractivity contribution in [3.63, 3.8) is 0 Å². The highest BCUT2D eigenvalue weighted by molar-refractivity contribution is 5.58. The molecule has 2 aromatic heterocycles. The molecule has 1 saturated heterocycles. The lowest BCUT2D eigenvalue weighted by atomic mass is 10.2. The zero-order valence-electron chi connectivity index (χ0n) is 11.0. The largest absolute Gasteiger partial charge is 0.354 e. The molecule has 1 aliphatic heterocycles. The number of piperazine rings is 1. The third-order valence-corrected chi connectivity index (χ3v) is 3.22. The van der Waals surface area contributed by atoms with Crippen LogP contribution in [-0.2, 0) is 6.42 Å². The fourth-order valence-electron chi connectivity index (χ4n) is 2.13. The minimum Gasteiger partial charge on any atom is -0.354 e. The Morgan fingerprint density at radius 3 is 2.95 bits per heavy atom. The lowest BCUT2D eigenvalue weighted by molar-refractivity contribution is 0.423. The van der Waals surface area contributed by atoms with E-state index in [1.54, 1.807) is 6.20 Å². The monoisotopic (exact) mass is 259 g/mol. The SMILES string of the molecule is CCc1noc(-c2ccnc(N3CCNCC3)c2)n1. The highest BCUT2D eigenvalue weighted by atomic mass is 16.5. The van der Waals surface area contributed by atoms with Gasteiger partial charge in [0.1, 0.15) is 5.82 Å². The maximum atomic E-state index is 5.26. The summed E-state index contributed by atoms with van der Waals surface area (Å²) in [5, 5.41) is 7.25. The molecule has 2 aromatic rings. The standard InChI is InChI=1S/C13H17N5O/c1-2-11-16-13(19-17-11)10-3-4-15-12(9-10)18-7-5-14-6-8-18/h3-4,9,14H,2,5-8H2,1H3. The Labute approximate surface area is 111 Å². The topological polar surface area (TPSA) is 67.1 Å². The van der Waals surface area contributed by atoms with Gasteiger partial charge in [0.15, 0.2) is 5.82 Å². The second-order valence-electron chi connectivity index (χ2n) is 4.51. The van der Waals surface area contributed by atoms with E-state index in [2.05, 4.69) is 25.3 Å². The Balaban J connectivity index is 1.86. The Morgan fingerprint density at radius 2 is 2.21 bits per heavy atom. The smallest absolute Gasteiger partial charge is 0.258 e. The second-order valence-corrected chi connectivity index (χ2v) is 4.51. The van der Waals surface area contributed by atoms with Gasteiger partial charge in [0.25, 0.3) is 5.89 Å². The van der Waals surface area contributed by atoms with Gasteiger partial charge in [-0.2, -0.15) is 4.98 Å². The summed E-state index contributed by atoms with van der Waals surface area (Å²) in [5.41, 5.74) is 0.927. The maximum Gasteiger partial charge on any atom is 0.258 e. The van der Waals surface area contributed by atoms with Crippen molar-refractivity contribution in [3.05, 3.63) is 24.2 Å². The molecule has 3 rings (SSSR count). The van der Waals surface area contributed by atoms with Crippen LogP contribution in [0.5, 0.6) is 0 Å². The van der Waals surface area contributed by atoms with E-state index in [9.17, 15) is 0 Å². The summed E-state index contributed by atoms with van der Waals surface area (Å²) < 4.78 is 5.26. The van der Waals surface area contributed by atoms with Crippen LogP contribution in [0.2, 0.25) is 0 Å². The minimum absolute atomic E-state index is 0.565. The van der Waals surface area contributed by atoms with Crippen LogP contribution in [-0.4, -0.2) is 41.3 Å². The number of nitrogens with zero attached hydrogens (tertiary/aromatic N) is 4. The normalized spacial score (nSPS) is 15.7. The molecule has 1 N–H and O–H groups in total. The van der Waals surface area contributed by atoms with Crippen LogP contribution in [0.1, 0.15) is 12.7 Å². The lowest BCUT2D eigenvalue weighted by Crippen LogP contribution is -2.43. The fraction of sp³-hybridized carbons (Fsp3) is 0.462. The highest BCUT2D eigenvalue weighted by Gasteiger charge is 2.14. The summed E-state index contributed by atoms with van der Waals surface area (Å²) in [6.45, 7) is 5.94. The molecule has 1 aliphatic rings. The zero-order chi connectivity index (χ0) is 13.1. The quantitative estimate of drug-likeness (QED) is 0.890. The van der Waals surface area contributed by atoms with E-state index in [4.69, 9.17) is 4.52 Å². The molecule has 0 saturated carbocycles. The molecule has 3 heterocycles. The Bertz CT molecular complexity index is 547. The van der Waals surface area contributed by atoms with Gasteiger partial charge in [0.05, 0.1) is 0 Å². The minimum atomic E-state index is 0.565. The molecule has 6 heteroatoms. The average molecular weight is 259 g/mol. The molecule has 19 heavy (non-hydrogen) atoms. The van der Waals surface area contributed by atoms with E-state index in [1.807, 2.05) is 19.1 Å². The maximum absolute atomic E-state index is 5.26. The molecule has 1 fully saturated rings. The Hall–Kier alpha value is -1.95. The van der Waals surface area contributed by atoms with Gasteiger partial charge >= 0.3 is 0 Å². The van der Waals surface area contributed by atoms with E-state index in [0.29, 0.717) is 5.89 Å². The first kappa shape index (κ1) is 12.1. The van der Waals surface area contributed by atoms with Crippen LogP contribution in [0.15, 0.2) is 22.9 Å². The van der Waals surface area contributed by atoms with Crippen molar-refractivity contribution in [1.82, 2.24) is 20.4 Å². The predicted octanol–water partition coefficient (Wildman–Crippen LogP) is 1.10. The fourth-order valence-corrected chi connectivity index (χ4v) is 2.13. The molecule has 0 aliphatic carbocycles. The van der Waals surface area contributed by atoms with E-state index < -0.39 is 0 Å². The molecule has 0 radical (unpaired) electrons. The van der Waals surface area contributed by atoms with Crippen molar-refractivity contribution in [2.24, 2.45) is 0 Å². The van der Waals surface area contributed by atoms with Gasteiger partial charge in [0, 0.05) is 44.4 Å². The van der Waals surface area contributed by atoms with Crippen molar-refractivity contribution in [2.45, 2.75) is 13.3 Å². The van der Waals surface area contributed by atoms with Gasteiger partial charge in [-0.1, -0.05) is 12.1 Å². The molecule has 0 amide bonds. The van der Waals surface area contributed by atoms with Crippen molar-refractivity contribution >= 4 is 5.82 Å². The highest BCUT2D eigenvalue weighted by Crippen LogP contribution is 2.21. The number of pyridine rings is 1. The summed E-state index contributed by atoms with van der Waals surface area (Å²) in [7, 11) is 0. The number of nitrogens with one attached hydrogen (secondary N) is 1. The van der Waals surface area contributed by atoms with Gasteiger partial charge in [0.2, 0.25) is 0 Å². The Morgan fingerprint density at radius 1 is 1.37 bits per heavy atom. The van der Waals surface area contributed by atoms with Crippen LogP contribution in [0.3, 0.4) is 0 Å². The number of hydrogen-bond acceptors (Lipinski definition) is 6. The third-order valence-electron chi connectivity index (χ3n) is 3.22. The van der Waals surface area contributed by atoms with Crippen LogP contribution in [0, 0.1) is 0 Å². The number of anilines is 1. The average Bonchev–Trinajstić information content (AvgIpc) is 2.97. The van der Waals surface area contributed by atoms with Gasteiger partial charge < -0.3 is 14.7 Å². The summed E-state index contributed by atoms with van der Waals surface area (Å²) in [4.78, 5) is 11.0. The van der Waals surface area contributed by atoms with Crippen molar-refractivity contribution < 1.29 is 4.52 Å². The van der Waals surface area contributed by atoms with E-state index in [-0.39, 0.29) is 0 Å². The van der Waals surface area contributed by atoms with E-state index in [1.165, 1.54) is 0 Å². The van der Waals surface area contributed by atoms with Crippen LogP contribution in [0.4, 0.5) is 5.82 Å². The molecule has 6 nitrogen and oxygen atoms in total. The van der Waals surface area contributed by atoms with Gasteiger partial charge in [-0.3, -0.25) is 0 Å². The first-order valence-corrected chi connectivity index (χ1v) is 6.61. The molecular formula is C13H17N5O. The Kier molecular flexibility index (Phi) is 3.41. The summed E-state index contributed by atoms with van der Waals surface area (Å²) >= 11 is 0. The van der Waals surface area contributed by atoms with Crippen molar-refractivity contribution in [1.29, 1.82) is 0 Å². The molecule has 0 bridgehead atoms. The van der Waals surface area contributed by atoms with Gasteiger partial charge in [-0.15, -0.1) is 0 Å². The van der Waals surface area contributed by atoms with E-state index in [0.717, 1.165) is 49.8 Å². The van der Waals surface area contributed by atoms with Crippen LogP contribution < -0.4 is 10.2 Å². The second kappa shape index (κ2) is 5.36. The van der Waals surface area contributed by atoms with Crippen molar-refractivity contribution in [2.75, 3.05) is 31.1 Å². The molecule has 0 spiro atoms. The molecule has 0 unspecified atom stereocenters. The first-order valence-electron chi connectivity index (χ1n) is 6.61. The molecule has 0 aromatic carbocycles. The summed E-state index contributed by atoms with van der Waals surface area (Å²) in [6.07, 6.45) is 2.57. The summed E-state index contributed by atoms with van der Waals surface area (Å²) in [5.74, 6) is 2.27.